The number of halogens is 1. The van der Waals surface area contributed by atoms with Crippen LogP contribution >= 0.6 is 0 Å². The number of aliphatic hydroxyl groups is 1. The van der Waals surface area contributed by atoms with Gasteiger partial charge in [-0.1, -0.05) is 12.1 Å². The number of imidazole rings is 1. The van der Waals surface area contributed by atoms with Crippen molar-refractivity contribution in [3.63, 3.8) is 0 Å². The summed E-state index contributed by atoms with van der Waals surface area (Å²) in [5.74, 6) is 1.47. The van der Waals surface area contributed by atoms with E-state index >= 15 is 0 Å². The summed E-state index contributed by atoms with van der Waals surface area (Å²) in [6.07, 6.45) is 9.96. The minimum atomic E-state index is -0.487. The fourth-order valence-corrected chi connectivity index (χ4v) is 7.45. The molecule has 1 aliphatic heterocycles. The second kappa shape index (κ2) is 5.76. The molecule has 7 atom stereocenters. The van der Waals surface area contributed by atoms with Gasteiger partial charge in [0, 0.05) is 17.0 Å². The largest absolute Gasteiger partial charge is 0.392 e. The first kappa shape index (κ1) is 16.9. The number of fused-ring (bicyclic) bond motifs is 3. The van der Waals surface area contributed by atoms with E-state index < -0.39 is 6.10 Å². The maximum Gasteiger partial charge on any atom is 0.129 e. The van der Waals surface area contributed by atoms with Crippen molar-refractivity contribution < 1.29 is 14.3 Å². The monoisotopic (exact) mass is 380 g/mol. The summed E-state index contributed by atoms with van der Waals surface area (Å²) in [5, 5.41) is 11.5. The summed E-state index contributed by atoms with van der Waals surface area (Å²) in [5.41, 5.74) is 2.40. The number of carbonyl (C=O) groups excluding carboxylic acids is 1. The molecule has 0 amide bonds. The average molecular weight is 380 g/mol. The van der Waals surface area contributed by atoms with Gasteiger partial charge in [0.2, 0.25) is 0 Å². The number of nitrogens with zero attached hydrogens (tertiary/aromatic N) is 2. The van der Waals surface area contributed by atoms with E-state index in [1.165, 1.54) is 12.4 Å². The molecule has 146 valence electrons. The van der Waals surface area contributed by atoms with Crippen LogP contribution in [0.3, 0.4) is 0 Å². The number of benzene rings is 1. The molecule has 4 nitrogen and oxygen atoms in total. The summed E-state index contributed by atoms with van der Waals surface area (Å²) in [6.45, 7) is 0. The van der Waals surface area contributed by atoms with Crippen molar-refractivity contribution in [3.8, 4) is 11.3 Å². The number of hydrogen-bond acceptors (Lipinski definition) is 3. The van der Waals surface area contributed by atoms with Crippen molar-refractivity contribution in [3.05, 3.63) is 42.1 Å². The van der Waals surface area contributed by atoms with E-state index in [1.807, 2.05) is 10.6 Å². The molecular formula is C23H25FN2O2. The Morgan fingerprint density at radius 3 is 2.82 bits per heavy atom. The highest BCUT2D eigenvalue weighted by Gasteiger charge is 2.58. The molecule has 1 aromatic heterocycles. The molecule has 7 rings (SSSR count). The molecular weight excluding hydrogens is 355 g/mol. The number of aliphatic hydroxyl groups excluding tert-OH is 1. The standard InChI is InChI=1S/C23H25FN2O2/c24-18-3-1-2-16-20-10-25-12-26(20)19(22(16)18)6-21(28)23-7-13-4-14(8-23)17(11-27)15(5-13)9-23/h1-3,10-15,17,19,21,28H,4-9H2/t13?,14-,15?,17?,19?,21?,23?/m1/s1. The van der Waals surface area contributed by atoms with Gasteiger partial charge in [-0.3, -0.25) is 0 Å². The Hall–Kier alpha value is -2.01. The van der Waals surface area contributed by atoms with Crippen molar-refractivity contribution in [2.45, 2.75) is 50.7 Å². The van der Waals surface area contributed by atoms with E-state index in [2.05, 4.69) is 4.98 Å². The highest BCUT2D eigenvalue weighted by Crippen LogP contribution is 2.64. The maximum atomic E-state index is 14.7. The van der Waals surface area contributed by atoms with Crippen LogP contribution < -0.4 is 0 Å². The van der Waals surface area contributed by atoms with Crippen molar-refractivity contribution in [2.24, 2.45) is 29.1 Å². The first-order valence-electron chi connectivity index (χ1n) is 10.5. The summed E-state index contributed by atoms with van der Waals surface area (Å²) in [4.78, 5) is 15.9. The zero-order valence-corrected chi connectivity index (χ0v) is 15.8. The minimum absolute atomic E-state index is 0.106. The van der Waals surface area contributed by atoms with Crippen molar-refractivity contribution in [1.29, 1.82) is 0 Å². The predicted molar refractivity (Wildman–Crippen MR) is 102 cm³/mol. The lowest BCUT2D eigenvalue weighted by atomic mass is 9.45. The third-order valence-electron chi connectivity index (χ3n) is 8.37. The van der Waals surface area contributed by atoms with Crippen LogP contribution in [0.2, 0.25) is 0 Å². The Balaban J connectivity index is 1.34. The van der Waals surface area contributed by atoms with Crippen LogP contribution in [-0.2, 0) is 4.79 Å². The number of hydrogen-bond donors (Lipinski definition) is 1. The second-order valence-corrected chi connectivity index (χ2v) is 9.70. The third-order valence-corrected chi connectivity index (χ3v) is 8.37. The van der Waals surface area contributed by atoms with E-state index in [-0.39, 0.29) is 23.2 Å². The fourth-order valence-electron chi connectivity index (χ4n) is 7.45. The number of rotatable bonds is 4. The Bertz CT molecular complexity index is 938. The molecule has 2 heterocycles. The van der Waals surface area contributed by atoms with E-state index in [9.17, 15) is 14.3 Å². The van der Waals surface area contributed by atoms with Gasteiger partial charge in [-0.25, -0.2) is 9.37 Å². The molecule has 1 aromatic carbocycles. The van der Waals surface area contributed by atoms with Crippen LogP contribution in [0.5, 0.6) is 0 Å². The molecule has 5 aliphatic rings. The number of aromatic nitrogens is 2. The lowest BCUT2D eigenvalue weighted by molar-refractivity contribution is -0.156. The molecule has 4 saturated carbocycles. The Labute approximate surface area is 163 Å². The molecule has 6 unspecified atom stereocenters. The van der Waals surface area contributed by atoms with Crippen LogP contribution in [0.25, 0.3) is 11.3 Å². The fraction of sp³-hybridized carbons (Fsp3) is 0.565. The topological polar surface area (TPSA) is 55.1 Å². The van der Waals surface area contributed by atoms with Gasteiger partial charge in [0.25, 0.3) is 0 Å². The highest BCUT2D eigenvalue weighted by molar-refractivity contribution is 5.69. The van der Waals surface area contributed by atoms with E-state index in [4.69, 9.17) is 0 Å². The Morgan fingerprint density at radius 1 is 1.29 bits per heavy atom. The van der Waals surface area contributed by atoms with Gasteiger partial charge in [0.15, 0.2) is 0 Å². The molecule has 1 N–H and O–H groups in total. The summed E-state index contributed by atoms with van der Waals surface area (Å²) < 4.78 is 16.8. The zero-order valence-electron chi connectivity index (χ0n) is 15.8. The highest BCUT2D eigenvalue weighted by atomic mass is 19.1. The van der Waals surface area contributed by atoms with Crippen LogP contribution in [0.4, 0.5) is 4.39 Å². The second-order valence-electron chi connectivity index (χ2n) is 9.70. The molecule has 0 radical (unpaired) electrons. The predicted octanol–water partition coefficient (Wildman–Crippen LogP) is 3.98. The van der Waals surface area contributed by atoms with Crippen LogP contribution in [-0.4, -0.2) is 27.0 Å². The van der Waals surface area contributed by atoms with Gasteiger partial charge in [-0.2, -0.15) is 0 Å². The van der Waals surface area contributed by atoms with Gasteiger partial charge in [-0.15, -0.1) is 0 Å². The van der Waals surface area contributed by atoms with Gasteiger partial charge in [-0.05, 0) is 67.8 Å². The lowest BCUT2D eigenvalue weighted by Crippen LogP contribution is -2.56. The molecule has 5 heteroatoms. The van der Waals surface area contributed by atoms with E-state index in [0.717, 1.165) is 43.4 Å². The van der Waals surface area contributed by atoms with Crippen LogP contribution in [0.15, 0.2) is 30.7 Å². The zero-order chi connectivity index (χ0) is 19.0. The maximum absolute atomic E-state index is 14.7. The summed E-state index contributed by atoms with van der Waals surface area (Å²) in [7, 11) is 0. The van der Waals surface area contributed by atoms with E-state index in [0.29, 0.717) is 29.7 Å². The number of carbonyl (C=O) groups is 1. The molecule has 2 aromatic rings. The first-order chi connectivity index (χ1) is 13.6. The molecule has 28 heavy (non-hydrogen) atoms. The van der Waals surface area contributed by atoms with Crippen LogP contribution in [0, 0.1) is 34.9 Å². The molecule has 0 spiro atoms. The van der Waals surface area contributed by atoms with Gasteiger partial charge in [0.05, 0.1) is 30.4 Å². The molecule has 4 bridgehead atoms. The molecule has 4 aliphatic carbocycles. The van der Waals surface area contributed by atoms with Crippen LogP contribution in [0.1, 0.15) is 50.1 Å². The smallest absolute Gasteiger partial charge is 0.129 e. The third kappa shape index (κ3) is 2.14. The van der Waals surface area contributed by atoms with Crippen molar-refractivity contribution in [1.82, 2.24) is 9.55 Å². The molecule has 4 fully saturated rings. The van der Waals surface area contributed by atoms with Gasteiger partial charge < -0.3 is 14.5 Å². The average Bonchev–Trinajstić information content (AvgIpc) is 3.25. The van der Waals surface area contributed by atoms with Gasteiger partial charge >= 0.3 is 0 Å². The number of aldehydes is 1. The lowest BCUT2D eigenvalue weighted by Gasteiger charge is -2.60. The first-order valence-corrected chi connectivity index (χ1v) is 10.5. The van der Waals surface area contributed by atoms with Gasteiger partial charge in [0.1, 0.15) is 12.1 Å². The summed E-state index contributed by atoms with van der Waals surface area (Å²) in [6, 6.07) is 4.98. The van der Waals surface area contributed by atoms with E-state index in [1.54, 1.807) is 18.6 Å². The Morgan fingerprint density at radius 2 is 2.07 bits per heavy atom. The Kier molecular flexibility index (Phi) is 3.47. The summed E-state index contributed by atoms with van der Waals surface area (Å²) >= 11 is 0. The quantitative estimate of drug-likeness (QED) is 0.816. The van der Waals surface area contributed by atoms with Crippen molar-refractivity contribution >= 4 is 6.29 Å². The SMILES string of the molecule is O=CC1C2CC3C[C@@H]1CC(C(O)CC1c4c(F)cccc4-c4cncn41)(C3)C2. The normalized spacial score (nSPS) is 38.3. The van der Waals surface area contributed by atoms with Crippen molar-refractivity contribution in [2.75, 3.05) is 0 Å². The minimum Gasteiger partial charge on any atom is -0.392 e. The molecule has 0 saturated heterocycles.